The van der Waals surface area contributed by atoms with Gasteiger partial charge in [-0.1, -0.05) is 0 Å². The highest BCUT2D eigenvalue weighted by atomic mass is 16.5. The number of carbonyl (C=O) groups is 1. The van der Waals surface area contributed by atoms with Gasteiger partial charge in [0.1, 0.15) is 0 Å². The molecule has 0 spiro atoms. The minimum Gasteiger partial charge on any atom is -0.493 e. The second kappa shape index (κ2) is 5.08. The van der Waals surface area contributed by atoms with Gasteiger partial charge in [-0.25, -0.2) is 4.79 Å². The molecule has 0 saturated heterocycles. The molecular formula is C13H16O4. The van der Waals surface area contributed by atoms with Crippen LogP contribution in [0.3, 0.4) is 0 Å². The van der Waals surface area contributed by atoms with Crippen molar-refractivity contribution in [3.63, 3.8) is 0 Å². The maximum atomic E-state index is 11.4. The zero-order valence-corrected chi connectivity index (χ0v) is 10.1. The van der Waals surface area contributed by atoms with E-state index < -0.39 is 0 Å². The highest BCUT2D eigenvalue weighted by molar-refractivity contribution is 5.90. The Morgan fingerprint density at radius 3 is 2.65 bits per heavy atom. The summed E-state index contributed by atoms with van der Waals surface area (Å²) in [6, 6.07) is 5.04. The molecule has 0 amide bonds. The lowest BCUT2D eigenvalue weighted by molar-refractivity contribution is 0.0600. The van der Waals surface area contributed by atoms with Crippen LogP contribution in [0.15, 0.2) is 18.2 Å². The summed E-state index contributed by atoms with van der Waals surface area (Å²) in [4.78, 5) is 11.4. The van der Waals surface area contributed by atoms with Crippen LogP contribution in [0.4, 0.5) is 0 Å². The van der Waals surface area contributed by atoms with E-state index in [1.54, 1.807) is 25.3 Å². The molecule has 2 rings (SSSR count). The quantitative estimate of drug-likeness (QED) is 0.736. The van der Waals surface area contributed by atoms with Gasteiger partial charge in [0.05, 0.1) is 26.4 Å². The molecule has 0 aromatic heterocycles. The molecule has 0 bridgehead atoms. The van der Waals surface area contributed by atoms with Crippen LogP contribution in [0.5, 0.6) is 11.5 Å². The Kier molecular flexibility index (Phi) is 3.52. The van der Waals surface area contributed by atoms with E-state index in [9.17, 15) is 4.79 Å². The lowest BCUT2D eigenvalue weighted by Gasteiger charge is -2.11. The Morgan fingerprint density at radius 2 is 2.06 bits per heavy atom. The molecule has 4 heteroatoms. The zero-order chi connectivity index (χ0) is 12.3. The van der Waals surface area contributed by atoms with Crippen LogP contribution in [0.1, 0.15) is 23.2 Å². The predicted molar refractivity (Wildman–Crippen MR) is 62.6 cm³/mol. The molecule has 1 aromatic rings. The summed E-state index contributed by atoms with van der Waals surface area (Å²) in [5.74, 6) is 1.52. The van der Waals surface area contributed by atoms with Crippen molar-refractivity contribution in [3.8, 4) is 11.5 Å². The molecule has 4 nitrogen and oxygen atoms in total. The predicted octanol–water partition coefficient (Wildman–Crippen LogP) is 2.27. The second-order valence-corrected chi connectivity index (χ2v) is 4.11. The summed E-state index contributed by atoms with van der Waals surface area (Å²) in [5, 5.41) is 0. The lowest BCUT2D eigenvalue weighted by Crippen LogP contribution is -2.05. The first kappa shape index (κ1) is 11.8. The van der Waals surface area contributed by atoms with Gasteiger partial charge in [0.15, 0.2) is 11.5 Å². The van der Waals surface area contributed by atoms with Crippen LogP contribution in [0.2, 0.25) is 0 Å². The van der Waals surface area contributed by atoms with Crippen molar-refractivity contribution < 1.29 is 19.0 Å². The first-order chi connectivity index (χ1) is 8.24. The van der Waals surface area contributed by atoms with Crippen LogP contribution in [-0.4, -0.2) is 26.8 Å². The Hall–Kier alpha value is -1.71. The van der Waals surface area contributed by atoms with E-state index in [4.69, 9.17) is 9.47 Å². The fourth-order valence-electron chi connectivity index (χ4n) is 1.53. The van der Waals surface area contributed by atoms with Gasteiger partial charge in [0.2, 0.25) is 0 Å². The van der Waals surface area contributed by atoms with Gasteiger partial charge in [0.25, 0.3) is 0 Å². The Balaban J connectivity index is 2.15. The van der Waals surface area contributed by atoms with Crippen molar-refractivity contribution in [1.29, 1.82) is 0 Å². The Labute approximate surface area is 100 Å². The summed E-state index contributed by atoms with van der Waals surface area (Å²) in [6.07, 6.45) is 2.44. The van der Waals surface area contributed by atoms with Crippen molar-refractivity contribution in [2.75, 3.05) is 20.8 Å². The van der Waals surface area contributed by atoms with Crippen LogP contribution in [0.25, 0.3) is 0 Å². The van der Waals surface area contributed by atoms with Crippen molar-refractivity contribution in [1.82, 2.24) is 0 Å². The molecule has 0 unspecified atom stereocenters. The average Bonchev–Trinajstić information content (AvgIpc) is 3.19. The summed E-state index contributed by atoms with van der Waals surface area (Å²) in [7, 11) is 2.94. The standard InChI is InChI=1S/C13H16O4/c1-15-11-6-5-10(13(14)16-2)7-12(11)17-8-9-3-4-9/h5-7,9H,3-4,8H2,1-2H3. The molecule has 1 fully saturated rings. The van der Waals surface area contributed by atoms with E-state index in [0.717, 1.165) is 0 Å². The van der Waals surface area contributed by atoms with E-state index in [2.05, 4.69) is 4.74 Å². The van der Waals surface area contributed by atoms with Gasteiger partial charge in [-0.2, -0.15) is 0 Å². The molecule has 1 aliphatic carbocycles. The highest BCUT2D eigenvalue weighted by Crippen LogP contribution is 2.33. The molecule has 1 aliphatic rings. The van der Waals surface area contributed by atoms with Gasteiger partial charge in [-0.05, 0) is 37.0 Å². The normalized spacial score (nSPS) is 14.2. The van der Waals surface area contributed by atoms with Crippen LogP contribution < -0.4 is 9.47 Å². The van der Waals surface area contributed by atoms with E-state index in [1.165, 1.54) is 20.0 Å². The molecule has 0 aliphatic heterocycles. The summed E-state index contributed by atoms with van der Waals surface area (Å²) in [5.41, 5.74) is 0.471. The molecule has 92 valence electrons. The van der Waals surface area contributed by atoms with Crippen LogP contribution in [0, 0.1) is 5.92 Å². The summed E-state index contributed by atoms with van der Waals surface area (Å²) >= 11 is 0. The highest BCUT2D eigenvalue weighted by Gasteiger charge is 2.22. The molecule has 1 saturated carbocycles. The maximum absolute atomic E-state index is 11.4. The van der Waals surface area contributed by atoms with Gasteiger partial charge in [-0.15, -0.1) is 0 Å². The molecule has 0 radical (unpaired) electrons. The third-order valence-electron chi connectivity index (χ3n) is 2.76. The van der Waals surface area contributed by atoms with Crippen LogP contribution >= 0.6 is 0 Å². The number of esters is 1. The molecule has 0 heterocycles. The van der Waals surface area contributed by atoms with Crippen molar-refractivity contribution in [2.45, 2.75) is 12.8 Å². The first-order valence-electron chi connectivity index (χ1n) is 5.63. The number of hydrogen-bond acceptors (Lipinski definition) is 4. The Morgan fingerprint density at radius 1 is 1.29 bits per heavy atom. The van der Waals surface area contributed by atoms with Gasteiger partial charge in [0, 0.05) is 0 Å². The third-order valence-corrected chi connectivity index (χ3v) is 2.76. The minimum absolute atomic E-state index is 0.371. The minimum atomic E-state index is -0.371. The number of methoxy groups -OCH3 is 2. The molecular weight excluding hydrogens is 220 g/mol. The second-order valence-electron chi connectivity index (χ2n) is 4.11. The van der Waals surface area contributed by atoms with E-state index in [1.807, 2.05) is 0 Å². The van der Waals surface area contributed by atoms with Crippen molar-refractivity contribution in [2.24, 2.45) is 5.92 Å². The molecule has 17 heavy (non-hydrogen) atoms. The SMILES string of the molecule is COC(=O)c1ccc(OC)c(OCC2CC2)c1. The summed E-state index contributed by atoms with van der Waals surface area (Å²) < 4.78 is 15.5. The number of ether oxygens (including phenoxy) is 3. The van der Waals surface area contributed by atoms with Crippen LogP contribution in [-0.2, 0) is 4.74 Å². The van der Waals surface area contributed by atoms with E-state index in [0.29, 0.717) is 29.6 Å². The number of hydrogen-bond donors (Lipinski definition) is 0. The topological polar surface area (TPSA) is 44.8 Å². The number of rotatable bonds is 5. The fourth-order valence-corrected chi connectivity index (χ4v) is 1.53. The monoisotopic (exact) mass is 236 g/mol. The Bertz CT molecular complexity index is 410. The van der Waals surface area contributed by atoms with Gasteiger partial charge < -0.3 is 14.2 Å². The maximum Gasteiger partial charge on any atom is 0.337 e. The number of carbonyl (C=O) groups excluding carboxylic acids is 1. The summed E-state index contributed by atoms with van der Waals surface area (Å²) in [6.45, 7) is 0.682. The first-order valence-corrected chi connectivity index (χ1v) is 5.63. The van der Waals surface area contributed by atoms with Gasteiger partial charge in [-0.3, -0.25) is 0 Å². The van der Waals surface area contributed by atoms with E-state index >= 15 is 0 Å². The average molecular weight is 236 g/mol. The third kappa shape index (κ3) is 2.90. The lowest BCUT2D eigenvalue weighted by atomic mass is 10.2. The van der Waals surface area contributed by atoms with E-state index in [-0.39, 0.29) is 5.97 Å². The largest absolute Gasteiger partial charge is 0.493 e. The van der Waals surface area contributed by atoms with Crippen molar-refractivity contribution >= 4 is 5.97 Å². The van der Waals surface area contributed by atoms with Gasteiger partial charge >= 0.3 is 5.97 Å². The smallest absolute Gasteiger partial charge is 0.337 e. The zero-order valence-electron chi connectivity index (χ0n) is 10.1. The molecule has 0 N–H and O–H groups in total. The number of benzene rings is 1. The fraction of sp³-hybridized carbons (Fsp3) is 0.462. The molecule has 0 atom stereocenters. The molecule has 1 aromatic carbocycles. The van der Waals surface area contributed by atoms with Crippen molar-refractivity contribution in [3.05, 3.63) is 23.8 Å².